The van der Waals surface area contributed by atoms with Crippen LogP contribution in [0.2, 0.25) is 0 Å². The minimum Gasteiger partial charge on any atom is -0.481 e. The second-order valence-corrected chi connectivity index (χ2v) is 4.31. The minimum absolute atomic E-state index is 0.0197. The van der Waals surface area contributed by atoms with E-state index in [0.29, 0.717) is 11.5 Å². The van der Waals surface area contributed by atoms with Gasteiger partial charge < -0.3 is 20.8 Å². The number of hydrogen-bond donors (Lipinski definition) is 4. The number of aliphatic carboxylic acids is 1. The summed E-state index contributed by atoms with van der Waals surface area (Å²) in [6.07, 6.45) is 1.97. The lowest BCUT2D eigenvalue weighted by Crippen LogP contribution is -2.23. The summed E-state index contributed by atoms with van der Waals surface area (Å²) in [5.74, 6) is -0.765. The molecule has 1 atom stereocenters. The van der Waals surface area contributed by atoms with Crippen LogP contribution in [0.5, 0.6) is 0 Å². The van der Waals surface area contributed by atoms with Gasteiger partial charge in [-0.15, -0.1) is 0 Å². The molecule has 7 nitrogen and oxygen atoms in total. The van der Waals surface area contributed by atoms with Crippen LogP contribution in [0.3, 0.4) is 0 Å². The number of aromatic nitrogens is 1. The molecular formula is C13H19N3O4. The first-order valence-electron chi connectivity index (χ1n) is 6.40. The Labute approximate surface area is 117 Å². The lowest BCUT2D eigenvalue weighted by atomic mass is 10.2. The van der Waals surface area contributed by atoms with Crippen LogP contribution in [0.15, 0.2) is 18.3 Å². The Hall–Kier alpha value is -2.15. The molecule has 7 heteroatoms. The van der Waals surface area contributed by atoms with E-state index in [1.165, 1.54) is 6.20 Å². The summed E-state index contributed by atoms with van der Waals surface area (Å²) in [6, 6.07) is 3.29. The highest BCUT2D eigenvalue weighted by Crippen LogP contribution is 2.11. The molecule has 1 amide bonds. The molecule has 1 unspecified atom stereocenters. The van der Waals surface area contributed by atoms with Gasteiger partial charge in [0.05, 0.1) is 31.0 Å². The molecule has 0 aliphatic carbocycles. The Morgan fingerprint density at radius 1 is 1.35 bits per heavy atom. The third-order valence-corrected chi connectivity index (χ3v) is 2.68. The van der Waals surface area contributed by atoms with Gasteiger partial charge in [-0.1, -0.05) is 6.92 Å². The molecule has 0 aliphatic heterocycles. The van der Waals surface area contributed by atoms with Crippen molar-refractivity contribution in [3.05, 3.63) is 18.3 Å². The van der Waals surface area contributed by atoms with Crippen LogP contribution in [-0.2, 0) is 9.59 Å². The average molecular weight is 281 g/mol. The topological polar surface area (TPSA) is 112 Å². The quantitative estimate of drug-likeness (QED) is 0.567. The smallest absolute Gasteiger partial charge is 0.303 e. The molecule has 20 heavy (non-hydrogen) atoms. The van der Waals surface area contributed by atoms with Crippen LogP contribution in [0.25, 0.3) is 0 Å². The van der Waals surface area contributed by atoms with E-state index < -0.39 is 5.97 Å². The van der Waals surface area contributed by atoms with Gasteiger partial charge >= 0.3 is 5.97 Å². The van der Waals surface area contributed by atoms with E-state index in [9.17, 15) is 9.59 Å². The maximum atomic E-state index is 11.4. The molecule has 0 saturated heterocycles. The normalized spacial score (nSPS) is 11.7. The number of aliphatic hydroxyl groups excluding tert-OH is 1. The Balaban J connectivity index is 2.49. The first-order chi connectivity index (χ1) is 9.55. The highest BCUT2D eigenvalue weighted by atomic mass is 16.4. The predicted octanol–water partition coefficient (Wildman–Crippen LogP) is 1.07. The third kappa shape index (κ3) is 5.66. The van der Waals surface area contributed by atoms with Crippen molar-refractivity contribution in [3.63, 3.8) is 0 Å². The zero-order valence-electron chi connectivity index (χ0n) is 11.3. The van der Waals surface area contributed by atoms with Crippen LogP contribution in [0.4, 0.5) is 11.5 Å². The molecule has 0 spiro atoms. The molecule has 1 rings (SSSR count). The van der Waals surface area contributed by atoms with Crippen LogP contribution in [0, 0.1) is 0 Å². The van der Waals surface area contributed by atoms with Crippen molar-refractivity contribution in [1.29, 1.82) is 0 Å². The van der Waals surface area contributed by atoms with E-state index in [1.54, 1.807) is 12.1 Å². The van der Waals surface area contributed by atoms with Crippen LogP contribution in [0.1, 0.15) is 26.2 Å². The van der Waals surface area contributed by atoms with Crippen LogP contribution in [-0.4, -0.2) is 39.7 Å². The molecule has 110 valence electrons. The lowest BCUT2D eigenvalue weighted by molar-refractivity contribution is -0.138. The van der Waals surface area contributed by atoms with Crippen LogP contribution >= 0.6 is 0 Å². The zero-order valence-corrected chi connectivity index (χ0v) is 11.3. The SMILES string of the molecule is CCC(CO)Nc1ccc(NC(=O)CCC(=O)O)cn1. The molecule has 0 aliphatic rings. The molecule has 1 aromatic heterocycles. The Kier molecular flexibility index (Phi) is 6.45. The minimum atomic E-state index is -1.01. The summed E-state index contributed by atoms with van der Waals surface area (Å²) in [4.78, 5) is 25.9. The van der Waals surface area contributed by atoms with E-state index in [1.807, 2.05) is 6.92 Å². The van der Waals surface area contributed by atoms with Gasteiger partial charge in [-0.3, -0.25) is 9.59 Å². The van der Waals surface area contributed by atoms with Crippen molar-refractivity contribution in [2.24, 2.45) is 0 Å². The van der Waals surface area contributed by atoms with Gasteiger partial charge in [0.1, 0.15) is 5.82 Å². The number of pyridine rings is 1. The Morgan fingerprint density at radius 3 is 2.60 bits per heavy atom. The fourth-order valence-electron chi connectivity index (χ4n) is 1.48. The summed E-state index contributed by atoms with van der Waals surface area (Å²) < 4.78 is 0. The van der Waals surface area contributed by atoms with Crippen molar-refractivity contribution in [3.8, 4) is 0 Å². The van der Waals surface area contributed by atoms with Crippen LogP contribution < -0.4 is 10.6 Å². The molecule has 0 bridgehead atoms. The number of amides is 1. The lowest BCUT2D eigenvalue weighted by Gasteiger charge is -2.14. The first-order valence-corrected chi connectivity index (χ1v) is 6.40. The highest BCUT2D eigenvalue weighted by molar-refractivity contribution is 5.92. The van der Waals surface area contributed by atoms with E-state index >= 15 is 0 Å². The van der Waals surface area contributed by atoms with Crippen molar-refractivity contribution in [2.45, 2.75) is 32.2 Å². The third-order valence-electron chi connectivity index (χ3n) is 2.68. The monoisotopic (exact) mass is 281 g/mol. The maximum absolute atomic E-state index is 11.4. The number of carboxylic acid groups (broad SMARTS) is 1. The average Bonchev–Trinajstić information content (AvgIpc) is 2.44. The van der Waals surface area contributed by atoms with Gasteiger partial charge in [0.25, 0.3) is 0 Å². The van der Waals surface area contributed by atoms with E-state index in [-0.39, 0.29) is 31.4 Å². The fraction of sp³-hybridized carbons (Fsp3) is 0.462. The largest absolute Gasteiger partial charge is 0.481 e. The summed E-state index contributed by atoms with van der Waals surface area (Å²) in [5.41, 5.74) is 0.503. The van der Waals surface area contributed by atoms with Gasteiger partial charge in [0.2, 0.25) is 5.91 Å². The van der Waals surface area contributed by atoms with Gasteiger partial charge in [0.15, 0.2) is 0 Å². The molecule has 0 aromatic carbocycles. The van der Waals surface area contributed by atoms with Crippen molar-refractivity contribution < 1.29 is 19.8 Å². The zero-order chi connectivity index (χ0) is 15.0. The van der Waals surface area contributed by atoms with E-state index in [2.05, 4.69) is 15.6 Å². The molecule has 0 radical (unpaired) electrons. The van der Waals surface area contributed by atoms with Crippen molar-refractivity contribution >= 4 is 23.4 Å². The number of nitrogens with one attached hydrogen (secondary N) is 2. The standard InChI is InChI=1S/C13H19N3O4/c1-2-9(8-17)15-11-4-3-10(7-14-11)16-12(18)5-6-13(19)20/h3-4,7,9,17H,2,5-6,8H2,1H3,(H,14,15)(H,16,18)(H,19,20). The molecule has 0 saturated carbocycles. The van der Waals surface area contributed by atoms with Gasteiger partial charge in [0, 0.05) is 6.42 Å². The van der Waals surface area contributed by atoms with E-state index in [0.717, 1.165) is 6.42 Å². The number of nitrogens with zero attached hydrogens (tertiary/aromatic N) is 1. The number of anilines is 2. The molecule has 4 N–H and O–H groups in total. The highest BCUT2D eigenvalue weighted by Gasteiger charge is 2.07. The molecular weight excluding hydrogens is 262 g/mol. The van der Waals surface area contributed by atoms with Crippen molar-refractivity contribution in [2.75, 3.05) is 17.2 Å². The number of carbonyl (C=O) groups excluding carboxylic acids is 1. The molecule has 0 fully saturated rings. The molecule has 1 heterocycles. The van der Waals surface area contributed by atoms with Gasteiger partial charge in [-0.05, 0) is 18.6 Å². The first kappa shape index (κ1) is 15.9. The fourth-order valence-corrected chi connectivity index (χ4v) is 1.48. The number of carbonyl (C=O) groups is 2. The Morgan fingerprint density at radius 2 is 2.10 bits per heavy atom. The summed E-state index contributed by atoms with van der Waals surface area (Å²) in [7, 11) is 0. The Bertz CT molecular complexity index is 443. The van der Waals surface area contributed by atoms with Gasteiger partial charge in [-0.25, -0.2) is 4.98 Å². The van der Waals surface area contributed by atoms with Crippen molar-refractivity contribution in [1.82, 2.24) is 4.98 Å². The summed E-state index contributed by atoms with van der Waals surface area (Å²) in [5, 5.41) is 23.2. The number of carboxylic acids is 1. The number of aliphatic hydroxyl groups is 1. The molecule has 1 aromatic rings. The van der Waals surface area contributed by atoms with Gasteiger partial charge in [-0.2, -0.15) is 0 Å². The summed E-state index contributed by atoms with van der Waals surface area (Å²) in [6.45, 7) is 1.97. The predicted molar refractivity (Wildman–Crippen MR) is 74.5 cm³/mol. The second kappa shape index (κ2) is 8.11. The van der Waals surface area contributed by atoms with E-state index in [4.69, 9.17) is 10.2 Å². The summed E-state index contributed by atoms with van der Waals surface area (Å²) >= 11 is 0. The number of rotatable bonds is 8. The second-order valence-electron chi connectivity index (χ2n) is 4.31. The maximum Gasteiger partial charge on any atom is 0.303 e. The number of hydrogen-bond acceptors (Lipinski definition) is 5.